The first-order chi connectivity index (χ1) is 17.3. The topological polar surface area (TPSA) is 124 Å². The molecule has 0 aliphatic carbocycles. The van der Waals surface area contributed by atoms with E-state index in [9.17, 15) is 19.2 Å². The number of hydrogen-bond acceptors (Lipinski definition) is 10. The number of ketones is 2. The Morgan fingerprint density at radius 3 is 1.17 bits per heavy atom. The Kier molecular flexibility index (Phi) is 10.0. The molecule has 0 aliphatic rings. The van der Waals surface area contributed by atoms with E-state index in [0.29, 0.717) is 11.5 Å². The molecule has 0 atom stereocenters. The molecule has 0 amide bonds. The quantitative estimate of drug-likeness (QED) is 0.141. The third kappa shape index (κ3) is 6.01. The predicted octanol–water partition coefficient (Wildman–Crippen LogP) is 3.21. The van der Waals surface area contributed by atoms with Gasteiger partial charge in [0.2, 0.25) is 11.6 Å². The van der Waals surface area contributed by atoms with Crippen LogP contribution < -0.4 is 18.9 Å². The van der Waals surface area contributed by atoms with Crippen molar-refractivity contribution < 1.29 is 47.6 Å². The molecule has 10 nitrogen and oxygen atoms in total. The van der Waals surface area contributed by atoms with Gasteiger partial charge in [0, 0.05) is 11.1 Å². The first-order valence-electron chi connectivity index (χ1n) is 10.9. The van der Waals surface area contributed by atoms with Crippen molar-refractivity contribution >= 4 is 23.5 Å². The summed E-state index contributed by atoms with van der Waals surface area (Å²) in [5.74, 6) is -3.11. The van der Waals surface area contributed by atoms with Crippen LogP contribution in [0.15, 0.2) is 47.5 Å². The lowest BCUT2D eigenvalue weighted by Gasteiger charge is -2.15. The molecule has 0 saturated carbocycles. The molecule has 2 aromatic rings. The Balaban J connectivity index is 2.81. The molecule has 0 heterocycles. The van der Waals surface area contributed by atoms with Crippen LogP contribution in [0.3, 0.4) is 0 Å². The molecule has 0 aromatic heterocycles. The number of carbonyl (C=O) groups excluding carboxylic acids is 4. The van der Waals surface area contributed by atoms with Gasteiger partial charge in [0.15, 0.2) is 23.0 Å². The van der Waals surface area contributed by atoms with Crippen LogP contribution in [0.4, 0.5) is 0 Å². The normalized spacial score (nSPS) is 11.1. The van der Waals surface area contributed by atoms with Gasteiger partial charge in [-0.05, 0) is 50.2 Å². The number of ether oxygens (including phenoxy) is 6. The minimum Gasteiger partial charge on any atom is -0.493 e. The number of carbonyl (C=O) groups is 4. The fraction of sp³-hybridized carbons (Fsp3) is 0.308. The zero-order valence-corrected chi connectivity index (χ0v) is 21.0. The van der Waals surface area contributed by atoms with Gasteiger partial charge in [0.1, 0.15) is 11.1 Å². The molecular weight excluding hydrogens is 472 g/mol. The van der Waals surface area contributed by atoms with Crippen molar-refractivity contribution in [3.05, 3.63) is 58.7 Å². The highest BCUT2D eigenvalue weighted by Crippen LogP contribution is 2.31. The fourth-order valence-electron chi connectivity index (χ4n) is 3.27. The van der Waals surface area contributed by atoms with Crippen molar-refractivity contribution in [1.29, 1.82) is 0 Å². The van der Waals surface area contributed by atoms with Crippen molar-refractivity contribution in [2.75, 3.05) is 41.7 Å². The van der Waals surface area contributed by atoms with Crippen LogP contribution in [-0.4, -0.2) is 65.2 Å². The monoisotopic (exact) mass is 500 g/mol. The van der Waals surface area contributed by atoms with Gasteiger partial charge in [-0.15, -0.1) is 0 Å². The molecule has 0 radical (unpaired) electrons. The van der Waals surface area contributed by atoms with Gasteiger partial charge in [0.25, 0.3) is 0 Å². The van der Waals surface area contributed by atoms with Crippen LogP contribution in [0.1, 0.15) is 34.6 Å². The summed E-state index contributed by atoms with van der Waals surface area (Å²) in [6, 6.07) is 8.29. The van der Waals surface area contributed by atoms with Crippen LogP contribution in [0, 0.1) is 0 Å². The van der Waals surface area contributed by atoms with Gasteiger partial charge in [-0.1, -0.05) is 0 Å². The lowest BCUT2D eigenvalue weighted by Crippen LogP contribution is -2.27. The molecule has 2 aromatic carbocycles. The maximum absolute atomic E-state index is 13.6. The Morgan fingerprint density at radius 2 is 0.889 bits per heavy atom. The molecule has 0 unspecified atom stereocenters. The maximum Gasteiger partial charge on any atom is 0.343 e. The van der Waals surface area contributed by atoms with E-state index in [1.165, 1.54) is 78.7 Å². The first kappa shape index (κ1) is 27.9. The van der Waals surface area contributed by atoms with Crippen LogP contribution in [0.2, 0.25) is 0 Å². The largest absolute Gasteiger partial charge is 0.493 e. The Labute approximate surface area is 208 Å². The van der Waals surface area contributed by atoms with Crippen LogP contribution in [0.5, 0.6) is 23.0 Å². The van der Waals surface area contributed by atoms with Crippen molar-refractivity contribution in [3.8, 4) is 23.0 Å². The highest BCUT2D eigenvalue weighted by Gasteiger charge is 2.35. The minimum absolute atomic E-state index is 0.0439. The van der Waals surface area contributed by atoms with E-state index >= 15 is 0 Å². The molecule has 0 bridgehead atoms. The number of methoxy groups -OCH3 is 4. The summed E-state index contributed by atoms with van der Waals surface area (Å²) < 4.78 is 30.9. The lowest BCUT2D eigenvalue weighted by atomic mass is 9.92. The lowest BCUT2D eigenvalue weighted by molar-refractivity contribution is -0.141. The molecule has 0 N–H and O–H groups in total. The number of esters is 2. The Hall–Kier alpha value is -4.34. The summed E-state index contributed by atoms with van der Waals surface area (Å²) in [5.41, 5.74) is -1.64. The standard InChI is InChI=1S/C26H28O10/c1-7-35-25(29)21(23(27)15-9-11-17(31-3)19(13-15)33-5)22(26(30)36-8-2)24(28)16-10-12-18(32-4)20(14-16)34-6/h9-14H,7-8H2,1-6H3/b22-21+. The summed E-state index contributed by atoms with van der Waals surface area (Å²) in [5, 5.41) is 0. The summed E-state index contributed by atoms with van der Waals surface area (Å²) in [6.07, 6.45) is 0. The van der Waals surface area contributed by atoms with Crippen molar-refractivity contribution in [3.63, 3.8) is 0 Å². The molecule has 0 spiro atoms. The second-order valence-corrected chi connectivity index (χ2v) is 6.99. The molecule has 2 rings (SSSR count). The third-order valence-corrected chi connectivity index (χ3v) is 4.95. The zero-order valence-electron chi connectivity index (χ0n) is 21.0. The summed E-state index contributed by atoms with van der Waals surface area (Å²) in [7, 11) is 5.59. The fourth-order valence-corrected chi connectivity index (χ4v) is 3.27. The van der Waals surface area contributed by atoms with Crippen LogP contribution in [-0.2, 0) is 19.1 Å². The van der Waals surface area contributed by atoms with E-state index in [1.807, 2.05) is 0 Å². The minimum atomic E-state index is -1.16. The average molecular weight is 501 g/mol. The van der Waals surface area contributed by atoms with Crippen LogP contribution >= 0.6 is 0 Å². The van der Waals surface area contributed by atoms with Gasteiger partial charge in [-0.25, -0.2) is 9.59 Å². The third-order valence-electron chi connectivity index (χ3n) is 4.95. The summed E-state index contributed by atoms with van der Waals surface area (Å²) in [6.45, 7) is 2.83. The van der Waals surface area contributed by atoms with Gasteiger partial charge < -0.3 is 28.4 Å². The van der Waals surface area contributed by atoms with Gasteiger partial charge in [-0.3, -0.25) is 9.59 Å². The summed E-state index contributed by atoms with van der Waals surface area (Å²) >= 11 is 0. The van der Waals surface area contributed by atoms with Crippen LogP contribution in [0.25, 0.3) is 0 Å². The molecule has 0 saturated heterocycles. The number of Topliss-reactive ketones (excluding diaryl/α,β-unsaturated/α-hetero) is 2. The van der Waals surface area contributed by atoms with Crippen molar-refractivity contribution in [2.45, 2.75) is 13.8 Å². The summed E-state index contributed by atoms with van der Waals surface area (Å²) in [4.78, 5) is 53.1. The van der Waals surface area contributed by atoms with Gasteiger partial charge in [-0.2, -0.15) is 0 Å². The van der Waals surface area contributed by atoms with Gasteiger partial charge in [0.05, 0.1) is 41.7 Å². The van der Waals surface area contributed by atoms with Crippen molar-refractivity contribution in [2.24, 2.45) is 0 Å². The van der Waals surface area contributed by atoms with Crippen molar-refractivity contribution in [1.82, 2.24) is 0 Å². The average Bonchev–Trinajstić information content (AvgIpc) is 2.90. The van der Waals surface area contributed by atoms with Gasteiger partial charge >= 0.3 is 11.9 Å². The molecule has 0 aliphatic heterocycles. The zero-order chi connectivity index (χ0) is 26.8. The Bertz CT molecular complexity index is 1090. The molecule has 192 valence electrons. The number of rotatable bonds is 12. The highest BCUT2D eigenvalue weighted by atomic mass is 16.5. The SMILES string of the molecule is CCOC(=O)/C(C(=O)c1ccc(OC)c(OC)c1)=C(/C(=O)OCC)C(=O)c1ccc(OC)c(OC)c1. The molecular formula is C26H28O10. The highest BCUT2D eigenvalue weighted by molar-refractivity contribution is 6.36. The van der Waals surface area contributed by atoms with E-state index in [-0.39, 0.29) is 35.8 Å². The maximum atomic E-state index is 13.6. The predicted molar refractivity (Wildman–Crippen MR) is 128 cm³/mol. The van der Waals surface area contributed by atoms with E-state index < -0.39 is 34.7 Å². The first-order valence-corrected chi connectivity index (χ1v) is 10.9. The van der Waals surface area contributed by atoms with E-state index in [2.05, 4.69) is 0 Å². The van der Waals surface area contributed by atoms with E-state index in [4.69, 9.17) is 28.4 Å². The molecule has 10 heteroatoms. The van der Waals surface area contributed by atoms with E-state index in [1.54, 1.807) is 0 Å². The second kappa shape index (κ2) is 12.9. The molecule has 36 heavy (non-hydrogen) atoms. The number of hydrogen-bond donors (Lipinski definition) is 0. The smallest absolute Gasteiger partial charge is 0.343 e. The second-order valence-electron chi connectivity index (χ2n) is 6.99. The molecule has 0 fully saturated rings. The van der Waals surface area contributed by atoms with E-state index in [0.717, 1.165) is 0 Å². The number of benzene rings is 2. The Morgan fingerprint density at radius 1 is 0.556 bits per heavy atom.